The summed E-state index contributed by atoms with van der Waals surface area (Å²) in [5, 5.41) is 16.4. The average molecular weight is 364 g/mol. The van der Waals surface area contributed by atoms with Crippen molar-refractivity contribution in [2.75, 3.05) is 6.54 Å². The second-order valence-electron chi connectivity index (χ2n) is 6.53. The smallest absolute Gasteiger partial charge is 0.318 e. The first-order valence-electron chi connectivity index (χ1n) is 9.00. The highest BCUT2D eigenvalue weighted by molar-refractivity contribution is 5.74. The highest BCUT2D eigenvalue weighted by Crippen LogP contribution is 2.18. The fraction of sp³-hybridized carbons (Fsp3) is 0.389. The lowest BCUT2D eigenvalue weighted by Gasteiger charge is -2.24. The van der Waals surface area contributed by atoms with E-state index in [1.807, 2.05) is 34.5 Å². The molecule has 3 aromatic heterocycles. The highest BCUT2D eigenvalue weighted by Gasteiger charge is 2.24. The van der Waals surface area contributed by atoms with Gasteiger partial charge < -0.3 is 10.2 Å². The maximum absolute atomic E-state index is 12.9. The van der Waals surface area contributed by atoms with Gasteiger partial charge in [-0.05, 0) is 25.0 Å². The first-order valence-corrected chi connectivity index (χ1v) is 9.00. The molecule has 0 unspecified atom stereocenters. The summed E-state index contributed by atoms with van der Waals surface area (Å²) in [5.41, 5.74) is 2.05. The molecule has 0 aromatic carbocycles. The number of carbonyl (C=O) groups is 1. The molecule has 0 spiro atoms. The minimum Gasteiger partial charge on any atom is -0.330 e. The molecule has 0 fully saturated rings. The van der Waals surface area contributed by atoms with E-state index >= 15 is 0 Å². The molecule has 9 heteroatoms. The predicted octanol–water partition coefficient (Wildman–Crippen LogP) is 1.86. The zero-order chi connectivity index (χ0) is 18.8. The van der Waals surface area contributed by atoms with Crippen molar-refractivity contribution in [3.05, 3.63) is 47.8 Å². The summed E-state index contributed by atoms with van der Waals surface area (Å²) in [6.45, 7) is 3.79. The molecule has 4 rings (SSSR count). The Morgan fingerprint density at radius 3 is 3.11 bits per heavy atom. The van der Waals surface area contributed by atoms with Gasteiger partial charge >= 0.3 is 6.03 Å². The predicted molar refractivity (Wildman–Crippen MR) is 96.5 cm³/mol. The van der Waals surface area contributed by atoms with Crippen LogP contribution < -0.4 is 5.32 Å². The zero-order valence-electron chi connectivity index (χ0n) is 15.0. The topological polar surface area (TPSA) is 104 Å². The molecule has 2 amide bonds. The molecule has 9 nitrogen and oxygen atoms in total. The summed E-state index contributed by atoms with van der Waals surface area (Å²) in [5.74, 6) is 0.614. The van der Waals surface area contributed by atoms with Crippen LogP contribution in [0, 0.1) is 11.3 Å². The number of hydrogen-bond acceptors (Lipinski definition) is 5. The van der Waals surface area contributed by atoms with E-state index in [9.17, 15) is 4.79 Å². The Bertz CT molecular complexity index is 981. The highest BCUT2D eigenvalue weighted by atomic mass is 16.2. The summed E-state index contributed by atoms with van der Waals surface area (Å²) in [7, 11) is 0. The van der Waals surface area contributed by atoms with Crippen LogP contribution in [0.25, 0.3) is 5.78 Å². The van der Waals surface area contributed by atoms with Gasteiger partial charge in [-0.25, -0.2) is 14.8 Å². The molecule has 4 heterocycles. The molecule has 1 N–H and O–H groups in total. The SMILES string of the molecule is CC[C@H](NC(=O)N1CCCn2nc(C#N)cc2C1)c1cn2cccnc2n1. The van der Waals surface area contributed by atoms with Crippen LogP contribution >= 0.6 is 0 Å². The van der Waals surface area contributed by atoms with Gasteiger partial charge in [-0.15, -0.1) is 0 Å². The summed E-state index contributed by atoms with van der Waals surface area (Å²) >= 11 is 0. The van der Waals surface area contributed by atoms with Crippen LogP contribution in [0.4, 0.5) is 4.79 Å². The van der Waals surface area contributed by atoms with Crippen LogP contribution in [0.3, 0.4) is 0 Å². The van der Waals surface area contributed by atoms with Gasteiger partial charge in [-0.2, -0.15) is 10.4 Å². The molecule has 0 saturated heterocycles. The molecule has 0 aliphatic carbocycles. The second kappa shape index (κ2) is 7.07. The monoisotopic (exact) mass is 364 g/mol. The Morgan fingerprint density at radius 1 is 1.44 bits per heavy atom. The fourth-order valence-electron chi connectivity index (χ4n) is 3.33. The van der Waals surface area contributed by atoms with Crippen molar-refractivity contribution in [1.82, 2.24) is 34.4 Å². The lowest BCUT2D eigenvalue weighted by Crippen LogP contribution is -2.41. The molecule has 1 aliphatic heterocycles. The lowest BCUT2D eigenvalue weighted by atomic mass is 10.2. The molecule has 0 bridgehead atoms. The van der Waals surface area contributed by atoms with Gasteiger partial charge in [-0.3, -0.25) is 9.08 Å². The Morgan fingerprint density at radius 2 is 2.33 bits per heavy atom. The van der Waals surface area contributed by atoms with Crippen molar-refractivity contribution < 1.29 is 4.79 Å². The zero-order valence-corrected chi connectivity index (χ0v) is 15.0. The maximum atomic E-state index is 12.9. The normalized spacial score (nSPS) is 15.0. The molecule has 0 saturated carbocycles. The second-order valence-corrected chi connectivity index (χ2v) is 6.53. The Labute approximate surface area is 156 Å². The number of imidazole rings is 1. The van der Waals surface area contributed by atoms with Crippen LogP contribution in [0.1, 0.15) is 42.9 Å². The summed E-state index contributed by atoms with van der Waals surface area (Å²) < 4.78 is 3.66. The largest absolute Gasteiger partial charge is 0.330 e. The van der Waals surface area contributed by atoms with Gasteiger partial charge in [0.15, 0.2) is 5.69 Å². The molecule has 0 radical (unpaired) electrons. The van der Waals surface area contributed by atoms with Gasteiger partial charge in [0.25, 0.3) is 0 Å². The van der Waals surface area contributed by atoms with E-state index < -0.39 is 0 Å². The lowest BCUT2D eigenvalue weighted by molar-refractivity contribution is 0.191. The van der Waals surface area contributed by atoms with Gasteiger partial charge in [0.2, 0.25) is 5.78 Å². The molecule has 138 valence electrons. The van der Waals surface area contributed by atoms with Gasteiger partial charge in [0.05, 0.1) is 24.0 Å². The first-order chi connectivity index (χ1) is 13.2. The fourth-order valence-corrected chi connectivity index (χ4v) is 3.33. The van der Waals surface area contributed by atoms with Crippen molar-refractivity contribution in [3.63, 3.8) is 0 Å². The summed E-state index contributed by atoms with van der Waals surface area (Å²) in [4.78, 5) is 23.4. The first kappa shape index (κ1) is 17.0. The number of urea groups is 1. The van der Waals surface area contributed by atoms with Crippen molar-refractivity contribution in [2.24, 2.45) is 0 Å². The number of fused-ring (bicyclic) bond motifs is 2. The Kier molecular flexibility index (Phi) is 4.46. The number of nitriles is 1. The van der Waals surface area contributed by atoms with E-state index in [2.05, 4.69) is 26.5 Å². The number of rotatable bonds is 3. The number of carbonyl (C=O) groups excluding carboxylic acids is 1. The van der Waals surface area contributed by atoms with Crippen molar-refractivity contribution in [3.8, 4) is 6.07 Å². The number of nitrogens with zero attached hydrogens (tertiary/aromatic N) is 7. The van der Waals surface area contributed by atoms with Crippen molar-refractivity contribution in [2.45, 2.75) is 38.9 Å². The summed E-state index contributed by atoms with van der Waals surface area (Å²) in [6, 6.07) is 5.31. The van der Waals surface area contributed by atoms with E-state index in [-0.39, 0.29) is 12.1 Å². The summed E-state index contributed by atoms with van der Waals surface area (Å²) in [6.07, 6.45) is 6.99. The van der Waals surface area contributed by atoms with Crippen molar-refractivity contribution >= 4 is 11.8 Å². The number of hydrogen-bond donors (Lipinski definition) is 1. The van der Waals surface area contributed by atoms with Crippen molar-refractivity contribution in [1.29, 1.82) is 5.26 Å². The molecule has 1 atom stereocenters. The van der Waals surface area contributed by atoms with Crippen LogP contribution in [-0.4, -0.2) is 41.6 Å². The standard InChI is InChI=1S/C18H20N8O/c1-2-15(16-12-24-6-3-5-20-17(24)21-16)22-18(27)25-7-4-8-26-14(11-25)9-13(10-19)23-26/h3,5-6,9,12,15H,2,4,7-8,11H2,1H3,(H,22,27)/t15-/m0/s1. The number of amides is 2. The van der Waals surface area contributed by atoms with E-state index in [0.29, 0.717) is 31.1 Å². The maximum Gasteiger partial charge on any atom is 0.318 e. The van der Waals surface area contributed by atoms with Gasteiger partial charge in [0.1, 0.15) is 6.07 Å². The van der Waals surface area contributed by atoms with Crippen LogP contribution in [0.5, 0.6) is 0 Å². The number of nitrogens with one attached hydrogen (secondary N) is 1. The number of aromatic nitrogens is 5. The molecule has 3 aromatic rings. The Balaban J connectivity index is 1.50. The van der Waals surface area contributed by atoms with E-state index in [0.717, 1.165) is 24.2 Å². The molecular formula is C18H20N8O. The average Bonchev–Trinajstić information content (AvgIpc) is 3.23. The van der Waals surface area contributed by atoms with Gasteiger partial charge in [0, 0.05) is 31.7 Å². The molecule has 27 heavy (non-hydrogen) atoms. The third kappa shape index (κ3) is 3.33. The van der Waals surface area contributed by atoms with Crippen LogP contribution in [0.15, 0.2) is 30.7 Å². The van der Waals surface area contributed by atoms with E-state index in [1.165, 1.54) is 0 Å². The molecule has 1 aliphatic rings. The van der Waals surface area contributed by atoms with Crippen LogP contribution in [-0.2, 0) is 13.1 Å². The van der Waals surface area contributed by atoms with E-state index in [1.54, 1.807) is 17.2 Å². The van der Waals surface area contributed by atoms with Gasteiger partial charge in [-0.1, -0.05) is 6.92 Å². The number of aryl methyl sites for hydroxylation is 1. The third-order valence-corrected chi connectivity index (χ3v) is 4.73. The minimum absolute atomic E-state index is 0.139. The quantitative estimate of drug-likeness (QED) is 0.764. The van der Waals surface area contributed by atoms with E-state index in [4.69, 9.17) is 5.26 Å². The van der Waals surface area contributed by atoms with Crippen LogP contribution in [0.2, 0.25) is 0 Å². The molecular weight excluding hydrogens is 344 g/mol. The Hall–Kier alpha value is -3.41. The third-order valence-electron chi connectivity index (χ3n) is 4.73. The minimum atomic E-state index is -0.193.